The summed E-state index contributed by atoms with van der Waals surface area (Å²) in [6.45, 7) is 3.45. The van der Waals surface area contributed by atoms with E-state index in [4.69, 9.17) is 5.73 Å². The van der Waals surface area contributed by atoms with Crippen LogP contribution < -0.4 is 5.73 Å². The molecule has 0 bridgehead atoms. The fourth-order valence-electron chi connectivity index (χ4n) is 1.43. The van der Waals surface area contributed by atoms with Crippen molar-refractivity contribution in [3.05, 3.63) is 40.4 Å². The van der Waals surface area contributed by atoms with Crippen LogP contribution in [0.5, 0.6) is 5.75 Å². The molecule has 0 aliphatic heterocycles. The smallest absolute Gasteiger partial charge is 0.420 e. The van der Waals surface area contributed by atoms with Gasteiger partial charge in [-0.05, 0) is 18.6 Å². The van der Waals surface area contributed by atoms with Crippen LogP contribution in [0.15, 0.2) is 29.3 Å². The van der Waals surface area contributed by atoms with Gasteiger partial charge >= 0.3 is 6.18 Å². The number of alkyl halides is 3. The van der Waals surface area contributed by atoms with Crippen molar-refractivity contribution >= 4 is 28.3 Å². The Morgan fingerprint density at radius 1 is 1.44 bits per heavy atom. The summed E-state index contributed by atoms with van der Waals surface area (Å²) in [5.74, 6) is -0.824. The Kier molecular flexibility index (Phi) is 6.19. The quantitative estimate of drug-likeness (QED) is 0.807. The summed E-state index contributed by atoms with van der Waals surface area (Å²) < 4.78 is 38.1. The first-order valence-corrected chi connectivity index (χ1v) is 5.52. The predicted octanol–water partition coefficient (Wildman–Crippen LogP) is 4.17. The number of hydrogen-bond acceptors (Lipinski definition) is 2. The number of nitrogens with two attached hydrogens (primary N) is 1. The Hall–Kier alpha value is -0.720. The van der Waals surface area contributed by atoms with E-state index in [1.165, 1.54) is 12.1 Å². The van der Waals surface area contributed by atoms with Crippen molar-refractivity contribution in [3.8, 4) is 5.75 Å². The van der Waals surface area contributed by atoms with Gasteiger partial charge < -0.3 is 10.8 Å². The van der Waals surface area contributed by atoms with Crippen molar-refractivity contribution in [2.24, 2.45) is 5.73 Å². The third-order valence-electron chi connectivity index (χ3n) is 2.23. The highest BCUT2D eigenvalue weighted by Gasteiger charge is 2.35. The largest absolute Gasteiger partial charge is 0.507 e. The van der Waals surface area contributed by atoms with E-state index in [1.54, 1.807) is 0 Å². The van der Waals surface area contributed by atoms with Gasteiger partial charge in [-0.2, -0.15) is 13.2 Å². The average molecular weight is 347 g/mol. The zero-order chi connectivity index (χ0) is 13.2. The van der Waals surface area contributed by atoms with Crippen molar-refractivity contribution in [2.45, 2.75) is 18.6 Å². The molecule has 18 heavy (non-hydrogen) atoms. The van der Waals surface area contributed by atoms with E-state index >= 15 is 0 Å². The van der Waals surface area contributed by atoms with Crippen LogP contribution in [0.2, 0.25) is 0 Å². The minimum Gasteiger partial charge on any atom is -0.507 e. The minimum absolute atomic E-state index is 0. The van der Waals surface area contributed by atoms with E-state index in [2.05, 4.69) is 22.5 Å². The molecule has 0 aliphatic rings. The number of hydrogen-bond donors (Lipinski definition) is 2. The number of aromatic hydroxyl groups is 1. The predicted molar refractivity (Wildman–Crippen MR) is 69.8 cm³/mol. The first kappa shape index (κ1) is 17.3. The second kappa shape index (κ2) is 6.45. The van der Waals surface area contributed by atoms with Gasteiger partial charge in [0, 0.05) is 16.1 Å². The van der Waals surface area contributed by atoms with Crippen molar-refractivity contribution < 1.29 is 18.3 Å². The first-order valence-electron chi connectivity index (χ1n) is 4.73. The van der Waals surface area contributed by atoms with E-state index in [0.717, 1.165) is 6.07 Å². The molecule has 0 heterocycles. The molecule has 1 atom stereocenters. The Labute approximate surface area is 117 Å². The molecular weight excluding hydrogens is 334 g/mol. The molecule has 0 aliphatic carbocycles. The molecule has 7 heteroatoms. The van der Waals surface area contributed by atoms with Gasteiger partial charge in [0.1, 0.15) is 5.75 Å². The normalized spacial score (nSPS) is 12.7. The lowest BCUT2D eigenvalue weighted by atomic mass is 10.00. The van der Waals surface area contributed by atoms with Gasteiger partial charge in [-0.1, -0.05) is 22.0 Å². The molecule has 3 N–H and O–H groups in total. The van der Waals surface area contributed by atoms with Crippen LogP contribution in [0.4, 0.5) is 13.2 Å². The molecular formula is C11H12BrClF3NO. The molecule has 1 rings (SSSR count). The summed E-state index contributed by atoms with van der Waals surface area (Å²) in [6.07, 6.45) is -2.85. The SMILES string of the molecule is C=CC[C@@H](N)c1cc(Br)cc(C(F)(F)F)c1O.Cl. The van der Waals surface area contributed by atoms with Gasteiger partial charge in [0.15, 0.2) is 0 Å². The molecule has 1 aromatic rings. The molecule has 0 spiro atoms. The van der Waals surface area contributed by atoms with Crippen LogP contribution in [0.1, 0.15) is 23.6 Å². The van der Waals surface area contributed by atoms with Crippen LogP contribution >= 0.6 is 28.3 Å². The molecule has 0 unspecified atom stereocenters. The van der Waals surface area contributed by atoms with Crippen molar-refractivity contribution in [3.63, 3.8) is 0 Å². The second-order valence-electron chi connectivity index (χ2n) is 3.52. The van der Waals surface area contributed by atoms with Crippen LogP contribution in [0, 0.1) is 0 Å². The second-order valence-corrected chi connectivity index (χ2v) is 4.44. The number of benzene rings is 1. The Morgan fingerprint density at radius 3 is 2.44 bits per heavy atom. The molecule has 0 aromatic heterocycles. The Bertz CT molecular complexity index is 437. The Morgan fingerprint density at radius 2 is 2.00 bits per heavy atom. The maximum Gasteiger partial charge on any atom is 0.420 e. The van der Waals surface area contributed by atoms with E-state index in [9.17, 15) is 18.3 Å². The maximum atomic E-state index is 12.6. The lowest BCUT2D eigenvalue weighted by molar-refractivity contribution is -0.138. The minimum atomic E-state index is -4.61. The number of phenolic OH excluding ortho intramolecular Hbond substituents is 1. The van der Waals surface area contributed by atoms with Gasteiger partial charge in [-0.25, -0.2) is 0 Å². The third kappa shape index (κ3) is 3.90. The highest BCUT2D eigenvalue weighted by Crippen LogP contribution is 2.41. The number of phenols is 1. The molecule has 1 aromatic carbocycles. The molecule has 0 fully saturated rings. The van der Waals surface area contributed by atoms with Crippen LogP contribution in [-0.4, -0.2) is 5.11 Å². The van der Waals surface area contributed by atoms with Gasteiger partial charge in [0.2, 0.25) is 0 Å². The maximum absolute atomic E-state index is 12.6. The van der Waals surface area contributed by atoms with E-state index in [1.807, 2.05) is 0 Å². The van der Waals surface area contributed by atoms with Gasteiger partial charge in [-0.3, -0.25) is 0 Å². The lowest BCUT2D eigenvalue weighted by Gasteiger charge is -2.17. The van der Waals surface area contributed by atoms with Crippen LogP contribution in [0.25, 0.3) is 0 Å². The summed E-state index contributed by atoms with van der Waals surface area (Å²) in [4.78, 5) is 0. The zero-order valence-corrected chi connectivity index (χ0v) is 11.6. The lowest BCUT2D eigenvalue weighted by Crippen LogP contribution is -2.13. The third-order valence-corrected chi connectivity index (χ3v) is 2.69. The molecule has 0 saturated heterocycles. The number of halogens is 5. The van der Waals surface area contributed by atoms with Gasteiger partial charge in [0.05, 0.1) is 5.56 Å². The molecule has 2 nitrogen and oxygen atoms in total. The molecule has 0 saturated carbocycles. The summed E-state index contributed by atoms with van der Waals surface area (Å²) in [5, 5.41) is 9.59. The van der Waals surface area contributed by atoms with Crippen LogP contribution in [0.3, 0.4) is 0 Å². The first-order chi connectivity index (χ1) is 7.77. The zero-order valence-electron chi connectivity index (χ0n) is 9.17. The highest BCUT2D eigenvalue weighted by atomic mass is 79.9. The van der Waals surface area contributed by atoms with E-state index in [0.29, 0.717) is 0 Å². The average Bonchev–Trinajstić information content (AvgIpc) is 2.19. The topological polar surface area (TPSA) is 46.2 Å². The monoisotopic (exact) mass is 345 g/mol. The summed E-state index contributed by atoms with van der Waals surface area (Å²) in [5.41, 5.74) is 4.62. The van der Waals surface area contributed by atoms with E-state index < -0.39 is 23.5 Å². The summed E-state index contributed by atoms with van der Waals surface area (Å²) >= 11 is 2.97. The van der Waals surface area contributed by atoms with E-state index in [-0.39, 0.29) is 28.9 Å². The Balaban J connectivity index is 0.00000289. The molecule has 0 amide bonds. The molecule has 102 valence electrons. The number of rotatable bonds is 3. The van der Waals surface area contributed by atoms with Gasteiger partial charge in [-0.15, -0.1) is 19.0 Å². The summed E-state index contributed by atoms with van der Waals surface area (Å²) in [7, 11) is 0. The summed E-state index contributed by atoms with van der Waals surface area (Å²) in [6, 6.07) is 1.48. The standard InChI is InChI=1S/C11H11BrF3NO.ClH/c1-2-3-9(16)7-4-6(12)5-8(10(7)17)11(13,14)15;/h2,4-5,9,17H,1,3,16H2;1H/t9-;/m1./s1. The fraction of sp³-hybridized carbons (Fsp3) is 0.273. The van der Waals surface area contributed by atoms with Gasteiger partial charge in [0.25, 0.3) is 0 Å². The van der Waals surface area contributed by atoms with Crippen molar-refractivity contribution in [2.75, 3.05) is 0 Å². The van der Waals surface area contributed by atoms with Crippen LogP contribution in [-0.2, 0) is 6.18 Å². The highest BCUT2D eigenvalue weighted by molar-refractivity contribution is 9.10. The van der Waals surface area contributed by atoms with Crippen molar-refractivity contribution in [1.29, 1.82) is 0 Å². The van der Waals surface area contributed by atoms with Crippen molar-refractivity contribution in [1.82, 2.24) is 0 Å². The molecule has 0 radical (unpaired) electrons. The fourth-order valence-corrected chi connectivity index (χ4v) is 1.90.